The summed E-state index contributed by atoms with van der Waals surface area (Å²) in [6, 6.07) is 5.68. The number of nitrogens with one attached hydrogen (secondary N) is 4. The summed E-state index contributed by atoms with van der Waals surface area (Å²) >= 11 is 0. The van der Waals surface area contributed by atoms with Crippen molar-refractivity contribution in [2.45, 2.75) is 51.7 Å². The van der Waals surface area contributed by atoms with Crippen LogP contribution >= 0.6 is 0 Å². The van der Waals surface area contributed by atoms with Gasteiger partial charge < -0.3 is 21.4 Å². The van der Waals surface area contributed by atoms with Gasteiger partial charge in [-0.1, -0.05) is 32.0 Å². The second-order valence-corrected chi connectivity index (χ2v) is 8.71. The normalized spacial score (nSPS) is 12.4. The van der Waals surface area contributed by atoms with Crippen molar-refractivity contribution < 1.29 is 32.3 Å². The molecule has 0 aromatic heterocycles. The zero-order valence-corrected chi connectivity index (χ0v) is 20.4. The number of Topliss-reactive ketones (excluding diaryl/α,β-unsaturated/α-hetero) is 1. The van der Waals surface area contributed by atoms with Gasteiger partial charge in [-0.25, -0.2) is 13.2 Å². The summed E-state index contributed by atoms with van der Waals surface area (Å²) in [5.74, 6) is -5.20. The Morgan fingerprint density at radius 2 is 1.49 bits per heavy atom. The summed E-state index contributed by atoms with van der Waals surface area (Å²) in [6.07, 6.45) is -0.0863. The number of halogens is 3. The topological polar surface area (TPSA) is 128 Å². The van der Waals surface area contributed by atoms with Crippen LogP contribution in [0.2, 0.25) is 0 Å². The van der Waals surface area contributed by atoms with Crippen molar-refractivity contribution in [3.63, 3.8) is 0 Å². The van der Waals surface area contributed by atoms with Crippen LogP contribution in [0.4, 0.5) is 13.2 Å². The predicted molar refractivity (Wildman–Crippen MR) is 130 cm³/mol. The SMILES string of the molecule is CC(C)C(=O)N[C@@H](Cc1ccc(F)cc1F)C(=O)N[C@@H](CCC(=O)C=N)C(=O)NCc1ccc(F)cc1. The Morgan fingerprint density at radius 3 is 2.08 bits per heavy atom. The molecule has 0 saturated heterocycles. The van der Waals surface area contributed by atoms with E-state index in [9.17, 15) is 32.3 Å². The Balaban J connectivity index is 2.21. The van der Waals surface area contributed by atoms with E-state index in [2.05, 4.69) is 16.0 Å². The number of hydrogen-bond donors (Lipinski definition) is 4. The van der Waals surface area contributed by atoms with Crippen molar-refractivity contribution in [2.75, 3.05) is 0 Å². The molecule has 0 saturated carbocycles. The maximum absolute atomic E-state index is 14.3. The number of carbonyl (C=O) groups excluding carboxylic acids is 4. The molecule has 0 bridgehead atoms. The van der Waals surface area contributed by atoms with Crippen molar-refractivity contribution >= 4 is 29.7 Å². The van der Waals surface area contributed by atoms with Gasteiger partial charge in [0, 0.05) is 31.4 Å². The van der Waals surface area contributed by atoms with Crippen molar-refractivity contribution in [1.82, 2.24) is 16.0 Å². The Kier molecular flexibility index (Phi) is 11.0. The van der Waals surface area contributed by atoms with E-state index in [0.717, 1.165) is 12.1 Å². The zero-order chi connectivity index (χ0) is 27.5. The first-order valence-corrected chi connectivity index (χ1v) is 11.6. The second kappa shape index (κ2) is 13.9. The van der Waals surface area contributed by atoms with E-state index < -0.39 is 59.0 Å². The van der Waals surface area contributed by atoms with Gasteiger partial charge in [-0.3, -0.25) is 19.2 Å². The van der Waals surface area contributed by atoms with Gasteiger partial charge in [0.05, 0.1) is 6.21 Å². The molecular weight excluding hydrogens is 489 g/mol. The number of amides is 3. The first-order chi connectivity index (χ1) is 17.5. The minimum atomic E-state index is -1.30. The highest BCUT2D eigenvalue weighted by molar-refractivity contribution is 6.26. The quantitative estimate of drug-likeness (QED) is 0.304. The number of benzene rings is 2. The number of carbonyl (C=O) groups is 4. The third kappa shape index (κ3) is 9.51. The van der Waals surface area contributed by atoms with Gasteiger partial charge in [0.1, 0.15) is 29.5 Å². The molecule has 0 aliphatic rings. The van der Waals surface area contributed by atoms with Gasteiger partial charge in [-0.2, -0.15) is 0 Å². The molecule has 8 nitrogen and oxygen atoms in total. The minimum Gasteiger partial charge on any atom is -0.350 e. The minimum absolute atomic E-state index is 0.0122. The molecule has 198 valence electrons. The fraction of sp³-hybridized carbons (Fsp3) is 0.346. The van der Waals surface area contributed by atoms with Crippen molar-refractivity contribution in [1.29, 1.82) is 5.41 Å². The van der Waals surface area contributed by atoms with Crippen molar-refractivity contribution in [2.24, 2.45) is 5.92 Å². The highest BCUT2D eigenvalue weighted by Crippen LogP contribution is 2.13. The lowest BCUT2D eigenvalue weighted by atomic mass is 10.0. The van der Waals surface area contributed by atoms with Gasteiger partial charge in [0.2, 0.25) is 17.7 Å². The van der Waals surface area contributed by atoms with Crippen LogP contribution in [0.3, 0.4) is 0 Å². The predicted octanol–water partition coefficient (Wildman–Crippen LogP) is 2.59. The summed E-state index contributed by atoms with van der Waals surface area (Å²) < 4.78 is 40.7. The lowest BCUT2D eigenvalue weighted by molar-refractivity contribution is -0.133. The molecule has 11 heteroatoms. The fourth-order valence-corrected chi connectivity index (χ4v) is 3.27. The van der Waals surface area contributed by atoms with Gasteiger partial charge in [0.25, 0.3) is 0 Å². The monoisotopic (exact) mass is 518 g/mol. The van der Waals surface area contributed by atoms with E-state index in [4.69, 9.17) is 5.41 Å². The zero-order valence-electron chi connectivity index (χ0n) is 20.4. The maximum Gasteiger partial charge on any atom is 0.243 e. The average Bonchev–Trinajstić information content (AvgIpc) is 2.86. The molecule has 0 aliphatic heterocycles. The van der Waals surface area contributed by atoms with Gasteiger partial charge in [-0.05, 0) is 35.7 Å². The highest BCUT2D eigenvalue weighted by atomic mass is 19.1. The molecule has 0 heterocycles. The van der Waals surface area contributed by atoms with Gasteiger partial charge in [0.15, 0.2) is 5.78 Å². The Hall–Kier alpha value is -4.02. The summed E-state index contributed by atoms with van der Waals surface area (Å²) in [5, 5.41) is 14.6. The molecule has 4 N–H and O–H groups in total. The summed E-state index contributed by atoms with van der Waals surface area (Å²) in [5.41, 5.74) is 0.561. The largest absolute Gasteiger partial charge is 0.350 e. The summed E-state index contributed by atoms with van der Waals surface area (Å²) in [6.45, 7) is 3.20. The fourth-order valence-electron chi connectivity index (χ4n) is 3.27. The van der Waals surface area contributed by atoms with E-state index in [1.165, 1.54) is 24.3 Å². The van der Waals surface area contributed by atoms with E-state index in [0.29, 0.717) is 17.8 Å². The van der Waals surface area contributed by atoms with Gasteiger partial charge >= 0.3 is 0 Å². The molecule has 0 fully saturated rings. The van der Waals surface area contributed by atoms with Crippen molar-refractivity contribution in [3.05, 3.63) is 71.0 Å². The lowest BCUT2D eigenvalue weighted by Gasteiger charge is -2.24. The summed E-state index contributed by atoms with van der Waals surface area (Å²) in [7, 11) is 0. The van der Waals surface area contributed by atoms with Crippen LogP contribution in [-0.2, 0) is 32.1 Å². The Morgan fingerprint density at radius 1 is 0.865 bits per heavy atom. The molecule has 0 aliphatic carbocycles. The molecule has 0 radical (unpaired) electrons. The summed E-state index contributed by atoms with van der Waals surface area (Å²) in [4.78, 5) is 50.0. The van der Waals surface area contributed by atoms with Crippen LogP contribution in [0.5, 0.6) is 0 Å². The van der Waals surface area contributed by atoms with Crippen LogP contribution in [0, 0.1) is 28.8 Å². The molecule has 2 rings (SSSR count). The first kappa shape index (κ1) is 29.2. The van der Waals surface area contributed by atoms with E-state index in [-0.39, 0.29) is 31.4 Å². The molecule has 0 unspecified atom stereocenters. The molecule has 2 atom stereocenters. The van der Waals surface area contributed by atoms with Crippen LogP contribution in [0.1, 0.15) is 37.8 Å². The van der Waals surface area contributed by atoms with Crippen molar-refractivity contribution in [3.8, 4) is 0 Å². The average molecular weight is 519 g/mol. The Labute approximate surface area is 212 Å². The molecule has 2 aromatic rings. The molecule has 0 spiro atoms. The maximum atomic E-state index is 14.3. The third-order valence-corrected chi connectivity index (χ3v) is 5.45. The lowest BCUT2D eigenvalue weighted by Crippen LogP contribution is -2.55. The van der Waals surface area contributed by atoms with Crippen LogP contribution in [-0.4, -0.2) is 41.8 Å². The highest BCUT2D eigenvalue weighted by Gasteiger charge is 2.28. The first-order valence-electron chi connectivity index (χ1n) is 11.6. The standard InChI is InChI=1S/C26H29F3N4O4/c1-15(2)24(35)33-23(11-17-5-8-19(28)12-21(17)29)26(37)32-22(10-9-20(34)13-30)25(36)31-14-16-3-6-18(27)7-4-16/h3-8,12-13,15,22-23,30H,9-11,14H2,1-2H3,(H,31,36)(H,32,37)(H,33,35)/t22-,23-/m0/s1. The third-order valence-electron chi connectivity index (χ3n) is 5.45. The van der Waals surface area contributed by atoms with Gasteiger partial charge in [-0.15, -0.1) is 0 Å². The second-order valence-electron chi connectivity index (χ2n) is 8.71. The van der Waals surface area contributed by atoms with E-state index in [1.54, 1.807) is 13.8 Å². The number of hydrogen-bond acceptors (Lipinski definition) is 5. The van der Waals surface area contributed by atoms with Crippen LogP contribution < -0.4 is 16.0 Å². The smallest absolute Gasteiger partial charge is 0.243 e. The van der Waals surface area contributed by atoms with Crippen LogP contribution in [0.25, 0.3) is 0 Å². The van der Waals surface area contributed by atoms with Crippen LogP contribution in [0.15, 0.2) is 42.5 Å². The van der Waals surface area contributed by atoms with E-state index in [1.807, 2.05) is 0 Å². The number of ketones is 1. The number of rotatable bonds is 13. The molecule has 3 amide bonds. The molecular formula is C26H29F3N4O4. The molecule has 2 aromatic carbocycles. The Bertz CT molecular complexity index is 1140. The molecule has 37 heavy (non-hydrogen) atoms. The van der Waals surface area contributed by atoms with E-state index >= 15 is 0 Å².